The number of halogens is 1. The molecule has 35 heavy (non-hydrogen) atoms. The summed E-state index contributed by atoms with van der Waals surface area (Å²) in [4.78, 5) is 19.2. The van der Waals surface area contributed by atoms with Crippen LogP contribution < -0.4 is 5.32 Å². The van der Waals surface area contributed by atoms with Gasteiger partial charge in [-0.25, -0.2) is 4.39 Å². The van der Waals surface area contributed by atoms with Crippen molar-refractivity contribution in [1.82, 2.24) is 10.2 Å². The Labute approximate surface area is 208 Å². The SMILES string of the molecule is CC=Nc1c(F)cccc1CC1CC2CCCN(CC[C@H](NC(=O)COC)c3ccccc3)C2C1. The third-order valence-corrected chi connectivity index (χ3v) is 7.60. The first-order chi connectivity index (χ1) is 17.1. The van der Waals surface area contributed by atoms with Crippen LogP contribution in [0.25, 0.3) is 0 Å². The highest BCUT2D eigenvalue weighted by molar-refractivity contribution is 5.77. The molecule has 2 aliphatic rings. The molecule has 4 atom stereocenters. The molecule has 1 aliphatic carbocycles. The number of carbonyl (C=O) groups is 1. The number of rotatable bonds is 10. The van der Waals surface area contributed by atoms with E-state index in [1.807, 2.05) is 31.2 Å². The summed E-state index contributed by atoms with van der Waals surface area (Å²) in [5.74, 6) is 0.919. The summed E-state index contributed by atoms with van der Waals surface area (Å²) in [6.45, 7) is 3.96. The molecule has 0 radical (unpaired) electrons. The molecule has 0 spiro atoms. The van der Waals surface area contributed by atoms with E-state index in [4.69, 9.17) is 4.74 Å². The number of nitrogens with one attached hydrogen (secondary N) is 1. The number of hydrogen-bond donors (Lipinski definition) is 1. The van der Waals surface area contributed by atoms with Gasteiger partial charge in [0.2, 0.25) is 5.91 Å². The van der Waals surface area contributed by atoms with Crippen molar-refractivity contribution < 1.29 is 13.9 Å². The zero-order chi connectivity index (χ0) is 24.6. The average Bonchev–Trinajstić information content (AvgIpc) is 3.28. The smallest absolute Gasteiger partial charge is 0.246 e. The van der Waals surface area contributed by atoms with E-state index in [1.54, 1.807) is 19.4 Å². The number of ether oxygens (including phenoxy) is 1. The number of nitrogens with zero attached hydrogens (tertiary/aromatic N) is 2. The number of benzene rings is 2. The van der Waals surface area contributed by atoms with Gasteiger partial charge in [0.05, 0.1) is 6.04 Å². The number of para-hydroxylation sites is 1. The summed E-state index contributed by atoms with van der Waals surface area (Å²) in [7, 11) is 1.54. The standard InChI is InChI=1S/C29H38FN3O2/c1-3-31-29-24(11-7-13-25(29)30)18-21-17-23-12-8-15-33(27(23)19-21)16-14-26(32-28(34)20-35-2)22-9-5-4-6-10-22/h3-7,9-11,13,21,23,26-27H,8,12,14-20H2,1-2H3,(H,32,34)/t21?,23?,26-,27?/m0/s1. The van der Waals surface area contributed by atoms with Crippen LogP contribution in [0.4, 0.5) is 10.1 Å². The Morgan fingerprint density at radius 3 is 2.83 bits per heavy atom. The van der Waals surface area contributed by atoms with Gasteiger partial charge in [0.25, 0.3) is 0 Å². The lowest BCUT2D eigenvalue weighted by Gasteiger charge is -2.38. The first-order valence-electron chi connectivity index (χ1n) is 12.9. The van der Waals surface area contributed by atoms with E-state index < -0.39 is 0 Å². The van der Waals surface area contributed by atoms with Crippen LogP contribution >= 0.6 is 0 Å². The second-order valence-corrected chi connectivity index (χ2v) is 9.93. The molecule has 0 aromatic heterocycles. The normalized spacial score (nSPS) is 23.3. The highest BCUT2D eigenvalue weighted by Gasteiger charge is 2.40. The highest BCUT2D eigenvalue weighted by Crippen LogP contribution is 2.43. The fourth-order valence-corrected chi connectivity index (χ4v) is 6.12. The Morgan fingerprint density at radius 2 is 2.06 bits per heavy atom. The predicted octanol–water partition coefficient (Wildman–Crippen LogP) is 5.48. The molecule has 2 aromatic rings. The molecule has 2 fully saturated rings. The number of fused-ring (bicyclic) bond motifs is 1. The fraction of sp³-hybridized carbons (Fsp3) is 0.517. The van der Waals surface area contributed by atoms with E-state index >= 15 is 0 Å². The molecule has 5 nitrogen and oxygen atoms in total. The third-order valence-electron chi connectivity index (χ3n) is 7.60. The molecular weight excluding hydrogens is 441 g/mol. The first-order valence-corrected chi connectivity index (χ1v) is 12.9. The second kappa shape index (κ2) is 12.4. The van der Waals surface area contributed by atoms with Gasteiger partial charge in [-0.05, 0) is 81.0 Å². The van der Waals surface area contributed by atoms with Gasteiger partial charge >= 0.3 is 0 Å². The first kappa shape index (κ1) is 25.5. The monoisotopic (exact) mass is 479 g/mol. The van der Waals surface area contributed by atoms with Gasteiger partial charge in [-0.3, -0.25) is 9.79 Å². The summed E-state index contributed by atoms with van der Waals surface area (Å²) >= 11 is 0. The molecular formula is C29H38FN3O2. The van der Waals surface area contributed by atoms with Gasteiger partial charge in [0.15, 0.2) is 0 Å². The lowest BCUT2D eigenvalue weighted by molar-refractivity contribution is -0.125. The Hall–Kier alpha value is -2.57. The summed E-state index contributed by atoms with van der Waals surface area (Å²) in [5, 5.41) is 3.16. The topological polar surface area (TPSA) is 53.9 Å². The molecule has 1 N–H and O–H groups in total. The van der Waals surface area contributed by atoms with Gasteiger partial charge < -0.3 is 15.0 Å². The molecule has 1 amide bonds. The van der Waals surface area contributed by atoms with Gasteiger partial charge in [-0.2, -0.15) is 0 Å². The summed E-state index contributed by atoms with van der Waals surface area (Å²) in [6, 6.07) is 16.1. The van der Waals surface area contributed by atoms with Crippen LogP contribution in [0.5, 0.6) is 0 Å². The maximum atomic E-state index is 14.4. The van der Waals surface area contributed by atoms with E-state index in [-0.39, 0.29) is 24.4 Å². The van der Waals surface area contributed by atoms with E-state index in [1.165, 1.54) is 25.3 Å². The zero-order valence-corrected chi connectivity index (χ0v) is 21.0. The number of piperidine rings is 1. The Bertz CT molecular complexity index is 997. The van der Waals surface area contributed by atoms with Crippen molar-refractivity contribution in [3.05, 3.63) is 65.5 Å². The largest absolute Gasteiger partial charge is 0.375 e. The van der Waals surface area contributed by atoms with E-state index in [9.17, 15) is 9.18 Å². The van der Waals surface area contributed by atoms with E-state index in [2.05, 4.69) is 27.3 Å². The molecule has 1 saturated heterocycles. The molecule has 1 aliphatic heterocycles. The summed E-state index contributed by atoms with van der Waals surface area (Å²) in [5.41, 5.74) is 2.65. The minimum atomic E-state index is -0.236. The van der Waals surface area contributed by atoms with Crippen LogP contribution in [0.3, 0.4) is 0 Å². The minimum absolute atomic E-state index is 0.0295. The van der Waals surface area contributed by atoms with Crippen molar-refractivity contribution in [2.45, 2.75) is 57.5 Å². The number of hydrogen-bond acceptors (Lipinski definition) is 4. The Balaban J connectivity index is 1.41. The van der Waals surface area contributed by atoms with Crippen LogP contribution in [0.15, 0.2) is 53.5 Å². The van der Waals surface area contributed by atoms with Gasteiger partial charge in [-0.1, -0.05) is 42.5 Å². The minimum Gasteiger partial charge on any atom is -0.375 e. The van der Waals surface area contributed by atoms with Crippen molar-refractivity contribution in [3.63, 3.8) is 0 Å². The van der Waals surface area contributed by atoms with Crippen LogP contribution in [0.1, 0.15) is 56.2 Å². The number of methoxy groups -OCH3 is 1. The number of amides is 1. The van der Waals surface area contributed by atoms with Crippen LogP contribution in [0.2, 0.25) is 0 Å². The number of aliphatic imine (C=N–C) groups is 1. The molecule has 6 heteroatoms. The van der Waals surface area contributed by atoms with E-state index in [0.29, 0.717) is 23.6 Å². The summed E-state index contributed by atoms with van der Waals surface area (Å²) in [6.07, 6.45) is 8.24. The molecule has 1 saturated carbocycles. The van der Waals surface area contributed by atoms with Crippen molar-refractivity contribution in [2.24, 2.45) is 16.8 Å². The molecule has 1 heterocycles. The van der Waals surface area contributed by atoms with Crippen molar-refractivity contribution in [3.8, 4) is 0 Å². The lowest BCUT2D eigenvalue weighted by Crippen LogP contribution is -2.44. The molecule has 2 aromatic carbocycles. The predicted molar refractivity (Wildman–Crippen MR) is 139 cm³/mol. The van der Waals surface area contributed by atoms with Crippen molar-refractivity contribution in [1.29, 1.82) is 0 Å². The Morgan fingerprint density at radius 1 is 1.23 bits per heavy atom. The fourth-order valence-electron chi connectivity index (χ4n) is 6.12. The molecule has 0 bridgehead atoms. The van der Waals surface area contributed by atoms with Crippen LogP contribution in [-0.4, -0.2) is 49.9 Å². The lowest BCUT2D eigenvalue weighted by atomic mass is 9.91. The second-order valence-electron chi connectivity index (χ2n) is 9.93. The third kappa shape index (κ3) is 6.56. The summed E-state index contributed by atoms with van der Waals surface area (Å²) < 4.78 is 19.4. The maximum absolute atomic E-state index is 14.4. The van der Waals surface area contributed by atoms with Crippen molar-refractivity contribution >= 4 is 17.8 Å². The van der Waals surface area contributed by atoms with Crippen LogP contribution in [-0.2, 0) is 16.0 Å². The highest BCUT2D eigenvalue weighted by atomic mass is 19.1. The Kier molecular flexibility index (Phi) is 9.05. The average molecular weight is 480 g/mol. The van der Waals surface area contributed by atoms with Crippen LogP contribution in [0, 0.1) is 17.7 Å². The molecule has 3 unspecified atom stereocenters. The van der Waals surface area contributed by atoms with Gasteiger partial charge in [0, 0.05) is 25.9 Å². The van der Waals surface area contributed by atoms with Gasteiger partial charge in [-0.15, -0.1) is 0 Å². The van der Waals surface area contributed by atoms with E-state index in [0.717, 1.165) is 43.5 Å². The number of likely N-dealkylation sites (tertiary alicyclic amines) is 1. The van der Waals surface area contributed by atoms with Crippen molar-refractivity contribution in [2.75, 3.05) is 26.8 Å². The molecule has 4 rings (SSSR count). The zero-order valence-electron chi connectivity index (χ0n) is 21.0. The quantitative estimate of drug-likeness (QED) is 0.460. The maximum Gasteiger partial charge on any atom is 0.246 e. The molecule has 188 valence electrons. The van der Waals surface area contributed by atoms with Gasteiger partial charge in [0.1, 0.15) is 18.1 Å². The number of carbonyl (C=O) groups excluding carboxylic acids is 1.